The molecule has 0 fully saturated rings. The first-order valence-corrected chi connectivity index (χ1v) is 3.91. The van der Waals surface area contributed by atoms with Gasteiger partial charge in [-0.15, -0.1) is 5.17 Å². The van der Waals surface area contributed by atoms with Gasteiger partial charge >= 0.3 is 0 Å². The minimum absolute atomic E-state index is 0.373. The van der Waals surface area contributed by atoms with Crippen LogP contribution in [0.15, 0.2) is 18.2 Å². The van der Waals surface area contributed by atoms with Crippen molar-refractivity contribution in [3.63, 3.8) is 0 Å². The van der Waals surface area contributed by atoms with E-state index in [9.17, 15) is 5.21 Å². The Labute approximate surface area is 78.3 Å². The highest BCUT2D eigenvalue weighted by Crippen LogP contribution is 1.99. The topological polar surface area (TPSA) is 61.6 Å². The molecule has 1 heterocycles. The van der Waals surface area contributed by atoms with Crippen molar-refractivity contribution in [2.75, 3.05) is 0 Å². The standard InChI is InChI=1S/C7H6ClN3O2/c8-6-2-1-5-4-10(12)9-11(13)7(5)3-6/h1-4,9,12H. The normalized spacial score (nSPS) is 14.6. The molecule has 1 aromatic rings. The van der Waals surface area contributed by atoms with E-state index in [0.717, 1.165) is 0 Å². The van der Waals surface area contributed by atoms with Gasteiger partial charge in [-0.2, -0.15) is 0 Å². The van der Waals surface area contributed by atoms with Crippen LogP contribution in [0, 0.1) is 5.21 Å². The maximum Gasteiger partial charge on any atom is 0.254 e. The molecular weight excluding hydrogens is 194 g/mol. The van der Waals surface area contributed by atoms with E-state index < -0.39 is 0 Å². The van der Waals surface area contributed by atoms with E-state index in [1.807, 2.05) is 0 Å². The second-order valence-corrected chi connectivity index (χ2v) is 3.01. The highest BCUT2D eigenvalue weighted by Gasteiger charge is 2.08. The highest BCUT2D eigenvalue weighted by atomic mass is 35.5. The van der Waals surface area contributed by atoms with Gasteiger partial charge < -0.3 is 5.21 Å². The van der Waals surface area contributed by atoms with Gasteiger partial charge in [0.15, 0.2) is 0 Å². The summed E-state index contributed by atoms with van der Waals surface area (Å²) in [7, 11) is 0. The first-order chi connectivity index (χ1) is 6.16. The zero-order chi connectivity index (χ0) is 9.42. The molecule has 13 heavy (non-hydrogen) atoms. The fraction of sp³-hybridized carbons (Fsp3) is 0. The highest BCUT2D eigenvalue weighted by molar-refractivity contribution is 6.30. The van der Waals surface area contributed by atoms with Gasteiger partial charge in [0.2, 0.25) is 0 Å². The van der Waals surface area contributed by atoms with E-state index in [0.29, 0.717) is 25.6 Å². The SMILES string of the molecule is [O-][N+]1=c2cc(Cl)ccc2=CN(O)N1. The largest absolute Gasteiger partial charge is 0.594 e. The summed E-state index contributed by atoms with van der Waals surface area (Å²) in [6.45, 7) is 0. The van der Waals surface area contributed by atoms with E-state index >= 15 is 0 Å². The second-order valence-electron chi connectivity index (χ2n) is 2.57. The lowest BCUT2D eigenvalue weighted by atomic mass is 10.3. The van der Waals surface area contributed by atoms with Crippen LogP contribution in [0.3, 0.4) is 0 Å². The van der Waals surface area contributed by atoms with E-state index in [1.54, 1.807) is 12.1 Å². The van der Waals surface area contributed by atoms with Crippen LogP contribution in [0.5, 0.6) is 0 Å². The summed E-state index contributed by atoms with van der Waals surface area (Å²) < 4.78 is 0. The average Bonchev–Trinajstić information content (AvgIpc) is 2.06. The molecule has 0 atom stereocenters. The summed E-state index contributed by atoms with van der Waals surface area (Å²) in [5.74, 6) is 0. The van der Waals surface area contributed by atoms with Crippen molar-refractivity contribution in [1.82, 2.24) is 15.6 Å². The quantitative estimate of drug-likeness (QED) is 0.424. The van der Waals surface area contributed by atoms with Crippen LogP contribution in [0.4, 0.5) is 0 Å². The number of nitrogens with one attached hydrogen (secondary N) is 1. The fourth-order valence-electron chi connectivity index (χ4n) is 1.11. The minimum atomic E-state index is 0.373. The van der Waals surface area contributed by atoms with Crippen LogP contribution < -0.4 is 21.0 Å². The lowest BCUT2D eigenvalue weighted by Crippen LogP contribution is -2.54. The molecule has 6 heteroatoms. The Balaban J connectivity index is 2.80. The number of hydrazine groups is 2. The summed E-state index contributed by atoms with van der Waals surface area (Å²) in [6.07, 6.45) is 1.38. The molecule has 0 aromatic heterocycles. The molecule has 0 aliphatic carbocycles. The van der Waals surface area contributed by atoms with Gasteiger partial charge in [0.25, 0.3) is 5.36 Å². The molecule has 0 saturated carbocycles. The Bertz CT molecular complexity index is 459. The van der Waals surface area contributed by atoms with Gasteiger partial charge in [-0.3, -0.25) is 5.21 Å². The number of hydrogen-bond acceptors (Lipinski definition) is 4. The zero-order valence-corrected chi connectivity index (χ0v) is 7.19. The van der Waals surface area contributed by atoms with Crippen LogP contribution in [-0.4, -0.2) is 10.4 Å². The lowest BCUT2D eigenvalue weighted by Gasteiger charge is -2.15. The summed E-state index contributed by atoms with van der Waals surface area (Å²) in [4.78, 5) is 0.432. The number of halogens is 1. The average molecular weight is 200 g/mol. The molecule has 5 nitrogen and oxygen atoms in total. The van der Waals surface area contributed by atoms with Crippen molar-refractivity contribution in [2.45, 2.75) is 0 Å². The maximum absolute atomic E-state index is 11.2. The van der Waals surface area contributed by atoms with Crippen LogP contribution in [-0.2, 0) is 0 Å². The molecule has 68 valence electrons. The van der Waals surface area contributed by atoms with Crippen LogP contribution >= 0.6 is 11.6 Å². The number of nitrogens with zero attached hydrogens (tertiary/aromatic N) is 2. The van der Waals surface area contributed by atoms with Crippen molar-refractivity contribution in [1.29, 1.82) is 0 Å². The molecule has 0 saturated heterocycles. The van der Waals surface area contributed by atoms with E-state index in [-0.39, 0.29) is 0 Å². The maximum atomic E-state index is 11.2. The molecule has 2 rings (SSSR count). The van der Waals surface area contributed by atoms with Gasteiger partial charge in [0, 0.05) is 11.1 Å². The van der Waals surface area contributed by atoms with Gasteiger partial charge in [-0.05, 0) is 12.1 Å². The number of hydroxylamine groups is 1. The molecule has 0 amide bonds. The number of hydrogen-bond donors (Lipinski definition) is 2. The Kier molecular flexibility index (Phi) is 1.75. The van der Waals surface area contributed by atoms with Crippen molar-refractivity contribution >= 4 is 17.8 Å². The minimum Gasteiger partial charge on any atom is -0.594 e. The van der Waals surface area contributed by atoms with Crippen LogP contribution in [0.2, 0.25) is 5.02 Å². The van der Waals surface area contributed by atoms with Crippen LogP contribution in [0.1, 0.15) is 0 Å². The first-order valence-electron chi connectivity index (χ1n) is 3.53. The molecule has 1 aliphatic heterocycles. The van der Waals surface area contributed by atoms with Crippen molar-refractivity contribution in [3.05, 3.63) is 39.0 Å². The summed E-state index contributed by atoms with van der Waals surface area (Å²) in [5, 5.41) is 22.2. The third-order valence-electron chi connectivity index (χ3n) is 1.67. The lowest BCUT2D eigenvalue weighted by molar-refractivity contribution is -0.0895. The van der Waals surface area contributed by atoms with Crippen LogP contribution in [0.25, 0.3) is 6.20 Å². The smallest absolute Gasteiger partial charge is 0.254 e. The van der Waals surface area contributed by atoms with Gasteiger partial charge in [0.1, 0.15) is 0 Å². The molecule has 0 spiro atoms. The fourth-order valence-corrected chi connectivity index (χ4v) is 1.28. The van der Waals surface area contributed by atoms with Crippen molar-refractivity contribution in [2.24, 2.45) is 0 Å². The first kappa shape index (κ1) is 8.15. The van der Waals surface area contributed by atoms with E-state index in [1.165, 1.54) is 12.3 Å². The van der Waals surface area contributed by atoms with Gasteiger partial charge in [0.05, 0.1) is 11.4 Å². The summed E-state index contributed by atoms with van der Waals surface area (Å²) in [5.41, 5.74) is 2.12. The van der Waals surface area contributed by atoms with Crippen molar-refractivity contribution in [3.8, 4) is 0 Å². The van der Waals surface area contributed by atoms with Gasteiger partial charge in [-0.25, -0.2) is 0 Å². The number of benzene rings is 1. The molecule has 1 aromatic carbocycles. The molecule has 2 N–H and O–H groups in total. The Morgan fingerprint density at radius 2 is 2.31 bits per heavy atom. The third kappa shape index (κ3) is 1.39. The third-order valence-corrected chi connectivity index (χ3v) is 1.90. The summed E-state index contributed by atoms with van der Waals surface area (Å²) in [6, 6.07) is 4.80. The number of rotatable bonds is 0. The monoisotopic (exact) mass is 199 g/mol. The van der Waals surface area contributed by atoms with E-state index in [4.69, 9.17) is 16.8 Å². The number of fused-ring (bicyclic) bond motifs is 1. The predicted molar refractivity (Wildman–Crippen MR) is 46.5 cm³/mol. The molecule has 0 radical (unpaired) electrons. The predicted octanol–water partition coefficient (Wildman–Crippen LogP) is -0.809. The summed E-state index contributed by atoms with van der Waals surface area (Å²) >= 11 is 5.70. The van der Waals surface area contributed by atoms with Crippen molar-refractivity contribution < 1.29 is 5.21 Å². The Morgan fingerprint density at radius 1 is 1.54 bits per heavy atom. The Hall–Kier alpha value is -1.46. The van der Waals surface area contributed by atoms with E-state index in [2.05, 4.69) is 5.53 Å². The zero-order valence-electron chi connectivity index (χ0n) is 6.44. The Morgan fingerprint density at radius 3 is 3.08 bits per heavy atom. The second kappa shape index (κ2) is 2.79. The van der Waals surface area contributed by atoms with Gasteiger partial charge in [-0.1, -0.05) is 22.0 Å². The molecular formula is C7H6ClN3O2. The molecule has 0 bridgehead atoms. The molecule has 0 unspecified atom stereocenters. The molecule has 1 aliphatic rings.